The molecule has 3 aliphatic rings. The number of carbonyl (C=O) groups is 3. The zero-order valence-corrected chi connectivity index (χ0v) is 26.5. The standard InChI is InChI=1S/C29H54N6O3/c1-19(2)33-18-26(7,8)35(29(13,14)23(33)38)20(34-17-25(5,6)31-28(11,12)22(34)37)15-32-16-24(3,4)30-27(9,10)21(32)36/h19-20,30-31H,15-18H2,1-14H3. The van der Waals surface area contributed by atoms with Crippen LogP contribution in [0.15, 0.2) is 0 Å². The van der Waals surface area contributed by atoms with Crippen molar-refractivity contribution in [2.45, 2.75) is 142 Å². The Morgan fingerprint density at radius 2 is 1.13 bits per heavy atom. The second kappa shape index (κ2) is 9.16. The number of nitrogens with zero attached hydrogens (tertiary/aromatic N) is 4. The van der Waals surface area contributed by atoms with Gasteiger partial charge in [0.2, 0.25) is 17.7 Å². The van der Waals surface area contributed by atoms with E-state index in [0.717, 1.165) is 0 Å². The minimum absolute atomic E-state index is 0.00526. The second-order valence-electron chi connectivity index (χ2n) is 15.6. The van der Waals surface area contributed by atoms with Crippen LogP contribution in [0.2, 0.25) is 0 Å². The first-order valence-electron chi connectivity index (χ1n) is 14.1. The van der Waals surface area contributed by atoms with Crippen molar-refractivity contribution in [2.24, 2.45) is 0 Å². The third-order valence-electron chi connectivity index (χ3n) is 8.33. The van der Waals surface area contributed by atoms with Crippen molar-refractivity contribution in [1.29, 1.82) is 0 Å². The van der Waals surface area contributed by atoms with E-state index in [4.69, 9.17) is 0 Å². The summed E-state index contributed by atoms with van der Waals surface area (Å²) < 4.78 is 0. The topological polar surface area (TPSA) is 88.2 Å². The molecule has 0 spiro atoms. The average Bonchev–Trinajstić information content (AvgIpc) is 2.68. The minimum atomic E-state index is -0.891. The maximum absolute atomic E-state index is 14.1. The van der Waals surface area contributed by atoms with Gasteiger partial charge in [-0.25, -0.2) is 0 Å². The molecule has 3 amide bonds. The van der Waals surface area contributed by atoms with E-state index >= 15 is 0 Å². The smallest absolute Gasteiger partial charge is 0.243 e. The van der Waals surface area contributed by atoms with Crippen LogP contribution >= 0.6 is 0 Å². The van der Waals surface area contributed by atoms with Crippen LogP contribution in [0, 0.1) is 0 Å². The number of nitrogens with one attached hydrogen (secondary N) is 2. The molecule has 3 aliphatic heterocycles. The molecule has 3 saturated heterocycles. The van der Waals surface area contributed by atoms with Crippen molar-refractivity contribution in [3.63, 3.8) is 0 Å². The van der Waals surface area contributed by atoms with Crippen LogP contribution < -0.4 is 10.6 Å². The van der Waals surface area contributed by atoms with Crippen LogP contribution in [0.3, 0.4) is 0 Å². The van der Waals surface area contributed by atoms with E-state index < -0.39 is 28.3 Å². The molecule has 0 radical (unpaired) electrons. The van der Waals surface area contributed by atoms with E-state index in [9.17, 15) is 14.4 Å². The first kappa shape index (κ1) is 30.8. The van der Waals surface area contributed by atoms with Gasteiger partial charge in [0.05, 0.1) is 23.2 Å². The van der Waals surface area contributed by atoms with E-state index in [1.807, 2.05) is 70.1 Å². The predicted octanol–water partition coefficient (Wildman–Crippen LogP) is 2.40. The maximum Gasteiger partial charge on any atom is 0.243 e. The lowest BCUT2D eigenvalue weighted by molar-refractivity contribution is -0.190. The average molecular weight is 535 g/mol. The van der Waals surface area contributed by atoms with Crippen molar-refractivity contribution in [2.75, 3.05) is 26.2 Å². The molecule has 1 unspecified atom stereocenters. The molecule has 3 heterocycles. The van der Waals surface area contributed by atoms with Crippen LogP contribution in [-0.4, -0.2) is 109 Å². The number of hydrogen-bond acceptors (Lipinski definition) is 6. The molecule has 0 aromatic rings. The summed E-state index contributed by atoms with van der Waals surface area (Å²) in [6.45, 7) is 30.3. The molecule has 0 aliphatic carbocycles. The molecule has 0 aromatic carbocycles. The fourth-order valence-corrected chi connectivity index (χ4v) is 7.55. The number of piperazine rings is 3. The van der Waals surface area contributed by atoms with E-state index in [1.165, 1.54) is 0 Å². The van der Waals surface area contributed by atoms with E-state index in [-0.39, 0.29) is 34.8 Å². The lowest BCUT2D eigenvalue weighted by Crippen LogP contribution is -2.81. The van der Waals surface area contributed by atoms with Gasteiger partial charge in [-0.3, -0.25) is 29.9 Å². The number of amides is 3. The third kappa shape index (κ3) is 5.48. The van der Waals surface area contributed by atoms with Crippen LogP contribution in [0.4, 0.5) is 0 Å². The van der Waals surface area contributed by atoms with Gasteiger partial charge in [0.1, 0.15) is 6.17 Å². The number of hydrogen-bond donors (Lipinski definition) is 2. The molecule has 0 aromatic heterocycles. The zero-order valence-electron chi connectivity index (χ0n) is 26.5. The normalized spacial score (nSPS) is 29.1. The molecular weight excluding hydrogens is 480 g/mol. The van der Waals surface area contributed by atoms with Gasteiger partial charge >= 0.3 is 0 Å². The minimum Gasteiger partial charge on any atom is -0.337 e. The fourth-order valence-electron chi connectivity index (χ4n) is 7.55. The SMILES string of the molecule is CC(C)N1CC(C)(C)N(C(CN2CC(C)(C)NC(C)(C)C2=O)N2CC(C)(C)NC(C)(C)C2=O)C(C)(C)C1=O. The Hall–Kier alpha value is -1.71. The van der Waals surface area contributed by atoms with Gasteiger partial charge in [-0.05, 0) is 96.9 Å². The number of rotatable bonds is 5. The van der Waals surface area contributed by atoms with Gasteiger partial charge in [-0.2, -0.15) is 0 Å². The highest BCUT2D eigenvalue weighted by atomic mass is 16.2. The van der Waals surface area contributed by atoms with Gasteiger partial charge in [-0.15, -0.1) is 0 Å². The lowest BCUT2D eigenvalue weighted by Gasteiger charge is -2.62. The summed E-state index contributed by atoms with van der Waals surface area (Å²) in [7, 11) is 0. The van der Waals surface area contributed by atoms with Gasteiger partial charge in [-0.1, -0.05) is 0 Å². The first-order valence-corrected chi connectivity index (χ1v) is 14.1. The Kier molecular flexibility index (Phi) is 7.43. The second-order valence-corrected chi connectivity index (χ2v) is 15.6. The summed E-state index contributed by atoms with van der Waals surface area (Å²) >= 11 is 0. The molecule has 3 fully saturated rings. The maximum atomic E-state index is 14.1. The van der Waals surface area contributed by atoms with E-state index in [0.29, 0.717) is 26.2 Å². The Morgan fingerprint density at radius 1 is 0.658 bits per heavy atom. The Balaban J connectivity index is 2.18. The van der Waals surface area contributed by atoms with Crippen molar-refractivity contribution in [3.8, 4) is 0 Å². The van der Waals surface area contributed by atoms with Crippen molar-refractivity contribution < 1.29 is 14.4 Å². The first-order chi connectivity index (χ1) is 16.8. The van der Waals surface area contributed by atoms with Crippen molar-refractivity contribution in [3.05, 3.63) is 0 Å². The van der Waals surface area contributed by atoms with E-state index in [2.05, 4.69) is 57.1 Å². The largest absolute Gasteiger partial charge is 0.337 e. The highest BCUT2D eigenvalue weighted by molar-refractivity contribution is 5.89. The summed E-state index contributed by atoms with van der Waals surface area (Å²) in [5.74, 6) is 0.0316. The molecule has 218 valence electrons. The van der Waals surface area contributed by atoms with Crippen LogP contribution in [0.25, 0.3) is 0 Å². The van der Waals surface area contributed by atoms with Gasteiger partial charge in [0.15, 0.2) is 0 Å². The predicted molar refractivity (Wildman–Crippen MR) is 152 cm³/mol. The lowest BCUT2D eigenvalue weighted by atomic mass is 9.83. The summed E-state index contributed by atoms with van der Waals surface area (Å²) in [5.41, 5.74) is -3.52. The Morgan fingerprint density at radius 3 is 1.63 bits per heavy atom. The molecule has 9 nitrogen and oxygen atoms in total. The van der Waals surface area contributed by atoms with Crippen LogP contribution in [-0.2, 0) is 14.4 Å². The quantitative estimate of drug-likeness (QED) is 0.563. The molecule has 0 bridgehead atoms. The van der Waals surface area contributed by atoms with Crippen LogP contribution in [0.5, 0.6) is 0 Å². The highest BCUT2D eigenvalue weighted by Gasteiger charge is 2.58. The fraction of sp³-hybridized carbons (Fsp3) is 0.897. The molecular formula is C29H54N6O3. The molecule has 0 saturated carbocycles. The van der Waals surface area contributed by atoms with Crippen molar-refractivity contribution in [1.82, 2.24) is 30.2 Å². The molecule has 38 heavy (non-hydrogen) atoms. The highest BCUT2D eigenvalue weighted by Crippen LogP contribution is 2.39. The monoisotopic (exact) mass is 534 g/mol. The molecule has 2 N–H and O–H groups in total. The third-order valence-corrected chi connectivity index (χ3v) is 8.33. The van der Waals surface area contributed by atoms with Gasteiger partial charge in [0, 0.05) is 42.3 Å². The van der Waals surface area contributed by atoms with Gasteiger partial charge < -0.3 is 14.7 Å². The molecule has 1 atom stereocenters. The molecule has 3 rings (SSSR count). The summed E-state index contributed by atoms with van der Waals surface area (Å²) in [6.07, 6.45) is -0.486. The van der Waals surface area contributed by atoms with Crippen molar-refractivity contribution >= 4 is 17.7 Å². The van der Waals surface area contributed by atoms with Gasteiger partial charge in [0.25, 0.3) is 0 Å². The summed E-state index contributed by atoms with van der Waals surface area (Å²) in [5, 5.41) is 6.99. The van der Waals surface area contributed by atoms with E-state index in [1.54, 1.807) is 0 Å². The summed E-state index contributed by atoms with van der Waals surface area (Å²) in [6, 6.07) is 0.0664. The Bertz CT molecular complexity index is 981. The number of carbonyl (C=O) groups excluding carboxylic acids is 3. The molecule has 9 heteroatoms. The van der Waals surface area contributed by atoms with Crippen LogP contribution in [0.1, 0.15) is 96.9 Å². The Labute approximate surface area is 231 Å². The summed E-state index contributed by atoms with van der Waals surface area (Å²) in [4.78, 5) is 49.8. The zero-order chi connectivity index (χ0) is 29.4.